The van der Waals surface area contributed by atoms with Gasteiger partial charge < -0.3 is 15.0 Å². The third-order valence-corrected chi connectivity index (χ3v) is 7.20. The smallest absolute Gasteiger partial charge is 0.350 e. The molecule has 6 nitrogen and oxygen atoms in total. The van der Waals surface area contributed by atoms with E-state index in [-0.39, 0.29) is 5.91 Å². The van der Waals surface area contributed by atoms with Crippen LogP contribution in [0.15, 0.2) is 36.4 Å². The van der Waals surface area contributed by atoms with Crippen LogP contribution in [0.5, 0.6) is 0 Å². The maximum absolute atomic E-state index is 12.9. The summed E-state index contributed by atoms with van der Waals surface area (Å²) in [6, 6.07) is 12.2. The van der Waals surface area contributed by atoms with Gasteiger partial charge in [-0.1, -0.05) is 30.3 Å². The second kappa shape index (κ2) is 10.4. The van der Waals surface area contributed by atoms with Crippen molar-refractivity contribution in [3.05, 3.63) is 41.3 Å². The molecule has 0 radical (unpaired) electrons. The van der Waals surface area contributed by atoms with Gasteiger partial charge in [0.2, 0.25) is 5.91 Å². The summed E-state index contributed by atoms with van der Waals surface area (Å²) < 4.78 is 5.23. The van der Waals surface area contributed by atoms with Gasteiger partial charge in [0.05, 0.1) is 18.8 Å². The monoisotopic (exact) mass is 441 g/mol. The minimum atomic E-state index is -0.391. The number of nitrogens with one attached hydrogen (secondary N) is 1. The van der Waals surface area contributed by atoms with E-state index in [0.29, 0.717) is 29.8 Å². The van der Waals surface area contributed by atoms with Crippen molar-refractivity contribution >= 4 is 28.9 Å². The Morgan fingerprint density at radius 3 is 2.65 bits per heavy atom. The number of esters is 1. The summed E-state index contributed by atoms with van der Waals surface area (Å²) in [7, 11) is 0. The lowest BCUT2D eigenvalue weighted by atomic mass is 10.2. The molecule has 31 heavy (non-hydrogen) atoms. The van der Waals surface area contributed by atoms with Crippen LogP contribution < -0.4 is 5.32 Å². The van der Waals surface area contributed by atoms with E-state index < -0.39 is 5.97 Å². The third-order valence-electron chi connectivity index (χ3n) is 6.04. The lowest BCUT2D eigenvalue weighted by Gasteiger charge is -2.27. The molecule has 2 saturated heterocycles. The molecule has 7 heteroatoms. The van der Waals surface area contributed by atoms with Crippen molar-refractivity contribution in [2.45, 2.75) is 38.6 Å². The molecular formula is C24H31N3O3S. The van der Waals surface area contributed by atoms with Crippen LogP contribution in [0.2, 0.25) is 0 Å². The number of likely N-dealkylation sites (tertiary alicyclic amines) is 2. The Morgan fingerprint density at radius 2 is 1.90 bits per heavy atom. The average molecular weight is 442 g/mol. The van der Waals surface area contributed by atoms with Gasteiger partial charge in [-0.15, -0.1) is 11.3 Å². The normalized spacial score (nSPS) is 19.6. The maximum Gasteiger partial charge on any atom is 0.350 e. The van der Waals surface area contributed by atoms with Gasteiger partial charge in [0, 0.05) is 17.5 Å². The molecule has 2 aromatic rings. The Bertz CT molecular complexity index is 893. The van der Waals surface area contributed by atoms with Gasteiger partial charge in [-0.3, -0.25) is 9.69 Å². The molecule has 0 aliphatic carbocycles. The Morgan fingerprint density at radius 1 is 1.13 bits per heavy atom. The topological polar surface area (TPSA) is 61.9 Å². The zero-order valence-electron chi connectivity index (χ0n) is 18.1. The Labute approximate surface area is 188 Å². The molecule has 0 saturated carbocycles. The van der Waals surface area contributed by atoms with Crippen molar-refractivity contribution in [2.75, 3.05) is 44.6 Å². The molecule has 2 aliphatic rings. The summed E-state index contributed by atoms with van der Waals surface area (Å²) in [4.78, 5) is 31.6. The van der Waals surface area contributed by atoms with E-state index in [0.717, 1.165) is 36.4 Å². The minimum Gasteiger partial charge on any atom is -0.462 e. The van der Waals surface area contributed by atoms with Crippen LogP contribution in [0.25, 0.3) is 10.4 Å². The molecule has 2 fully saturated rings. The number of rotatable bonds is 8. The fraction of sp³-hybridized carbons (Fsp3) is 0.500. The number of carbonyl (C=O) groups is 2. The van der Waals surface area contributed by atoms with Crippen molar-refractivity contribution in [2.24, 2.45) is 0 Å². The van der Waals surface area contributed by atoms with Gasteiger partial charge in [-0.05, 0) is 63.9 Å². The highest BCUT2D eigenvalue weighted by atomic mass is 32.1. The highest BCUT2D eigenvalue weighted by Crippen LogP contribution is 2.35. The van der Waals surface area contributed by atoms with Crippen LogP contribution in [0, 0.1) is 0 Å². The standard InChI is InChI=1S/C24H31N3O3S/c1-2-30-24(29)23-20(15-21(31-23)18-9-4-3-5-10-18)25-22(28)17-27-14-8-11-19(27)16-26-12-6-7-13-26/h3-5,9-10,15,19H,2,6-8,11-14,16-17H2,1H3,(H,25,28). The van der Waals surface area contributed by atoms with E-state index in [9.17, 15) is 9.59 Å². The van der Waals surface area contributed by atoms with E-state index in [4.69, 9.17) is 4.74 Å². The Kier molecular flexibility index (Phi) is 7.37. The van der Waals surface area contributed by atoms with Crippen LogP contribution in [-0.2, 0) is 9.53 Å². The summed E-state index contributed by atoms with van der Waals surface area (Å²) in [5.74, 6) is -0.464. The van der Waals surface area contributed by atoms with Crippen molar-refractivity contribution in [1.82, 2.24) is 9.80 Å². The van der Waals surface area contributed by atoms with Gasteiger partial charge in [0.1, 0.15) is 4.88 Å². The molecule has 1 atom stereocenters. The fourth-order valence-corrected chi connectivity index (χ4v) is 5.54. The summed E-state index contributed by atoms with van der Waals surface area (Å²) in [6.45, 7) is 6.81. The first-order valence-corrected chi connectivity index (χ1v) is 12.1. The van der Waals surface area contributed by atoms with Gasteiger partial charge in [-0.2, -0.15) is 0 Å². The number of hydrogen-bond donors (Lipinski definition) is 1. The molecule has 2 aliphatic heterocycles. The van der Waals surface area contributed by atoms with Crippen LogP contribution in [0.3, 0.4) is 0 Å². The fourth-order valence-electron chi connectivity index (χ4n) is 4.52. The van der Waals surface area contributed by atoms with Gasteiger partial charge >= 0.3 is 5.97 Å². The minimum absolute atomic E-state index is 0.0729. The second-order valence-corrected chi connectivity index (χ2v) is 9.31. The predicted molar refractivity (Wildman–Crippen MR) is 125 cm³/mol. The number of thiophene rings is 1. The highest BCUT2D eigenvalue weighted by molar-refractivity contribution is 7.18. The molecule has 4 rings (SSSR count). The quantitative estimate of drug-likeness (QED) is 0.625. The Hall–Kier alpha value is -2.22. The first kappa shape index (κ1) is 22.0. The van der Waals surface area contributed by atoms with Crippen LogP contribution >= 0.6 is 11.3 Å². The molecule has 3 heterocycles. The number of benzene rings is 1. The van der Waals surface area contributed by atoms with Crippen LogP contribution in [0.4, 0.5) is 5.69 Å². The molecule has 1 N–H and O–H groups in total. The second-order valence-electron chi connectivity index (χ2n) is 8.26. The molecule has 166 valence electrons. The SMILES string of the molecule is CCOC(=O)c1sc(-c2ccccc2)cc1NC(=O)CN1CCCC1CN1CCCC1. The number of carbonyl (C=O) groups excluding carboxylic acids is 2. The third kappa shape index (κ3) is 5.53. The van der Waals surface area contributed by atoms with E-state index in [1.165, 1.54) is 37.3 Å². The largest absolute Gasteiger partial charge is 0.462 e. The molecule has 1 amide bonds. The summed E-state index contributed by atoms with van der Waals surface area (Å²) in [5.41, 5.74) is 1.56. The zero-order valence-corrected chi connectivity index (χ0v) is 19.0. The van der Waals surface area contributed by atoms with E-state index >= 15 is 0 Å². The van der Waals surface area contributed by atoms with Gasteiger partial charge in [0.15, 0.2) is 0 Å². The van der Waals surface area contributed by atoms with Crippen LogP contribution in [-0.4, -0.2) is 67.0 Å². The zero-order chi connectivity index (χ0) is 21.6. The van der Waals surface area contributed by atoms with Crippen molar-refractivity contribution in [1.29, 1.82) is 0 Å². The van der Waals surface area contributed by atoms with E-state index in [1.54, 1.807) is 6.92 Å². The van der Waals surface area contributed by atoms with Gasteiger partial charge in [0.25, 0.3) is 0 Å². The summed E-state index contributed by atoms with van der Waals surface area (Å²) >= 11 is 1.36. The first-order chi connectivity index (χ1) is 15.1. The average Bonchev–Trinajstić information content (AvgIpc) is 3.52. The van der Waals surface area contributed by atoms with E-state index in [1.807, 2.05) is 36.4 Å². The van der Waals surface area contributed by atoms with Crippen molar-refractivity contribution in [3.8, 4) is 10.4 Å². The summed E-state index contributed by atoms with van der Waals surface area (Å²) in [5, 5.41) is 3.00. The molecule has 1 aromatic heterocycles. The number of anilines is 1. The van der Waals surface area contributed by atoms with E-state index in [2.05, 4.69) is 15.1 Å². The van der Waals surface area contributed by atoms with Crippen molar-refractivity contribution in [3.63, 3.8) is 0 Å². The molecule has 1 unspecified atom stereocenters. The van der Waals surface area contributed by atoms with Crippen LogP contribution in [0.1, 0.15) is 42.3 Å². The summed E-state index contributed by atoms with van der Waals surface area (Å²) in [6.07, 6.45) is 4.85. The molecule has 1 aromatic carbocycles. The number of nitrogens with zero attached hydrogens (tertiary/aromatic N) is 2. The number of amides is 1. The van der Waals surface area contributed by atoms with Crippen molar-refractivity contribution < 1.29 is 14.3 Å². The molecular weight excluding hydrogens is 410 g/mol. The maximum atomic E-state index is 12.9. The molecule has 0 spiro atoms. The molecule has 0 bridgehead atoms. The first-order valence-electron chi connectivity index (χ1n) is 11.3. The highest BCUT2D eigenvalue weighted by Gasteiger charge is 2.29. The number of ether oxygens (including phenoxy) is 1. The Balaban J connectivity index is 1.45. The van der Waals surface area contributed by atoms with Gasteiger partial charge in [-0.25, -0.2) is 4.79 Å². The number of hydrogen-bond acceptors (Lipinski definition) is 6. The lowest BCUT2D eigenvalue weighted by Crippen LogP contribution is -2.42. The predicted octanol–water partition coefficient (Wildman–Crippen LogP) is 4.09. The lowest BCUT2D eigenvalue weighted by molar-refractivity contribution is -0.117.